The van der Waals surface area contributed by atoms with Crippen LogP contribution in [0.3, 0.4) is 0 Å². The molecule has 1 saturated heterocycles. The van der Waals surface area contributed by atoms with Gasteiger partial charge in [0.2, 0.25) is 0 Å². The Labute approximate surface area is 201 Å². The number of benzene rings is 3. The molecule has 4 nitrogen and oxygen atoms in total. The first-order chi connectivity index (χ1) is 15.5. The molecule has 4 rings (SSSR count). The van der Waals surface area contributed by atoms with E-state index in [2.05, 4.69) is 0 Å². The number of aryl methyl sites for hydroxylation is 1. The fourth-order valence-electron chi connectivity index (χ4n) is 3.19. The minimum atomic E-state index is -0.167. The lowest BCUT2D eigenvalue weighted by Crippen LogP contribution is -2.27. The van der Waals surface area contributed by atoms with E-state index in [9.17, 15) is 4.79 Å². The maximum absolute atomic E-state index is 13.0. The van der Waals surface area contributed by atoms with E-state index < -0.39 is 0 Å². The highest BCUT2D eigenvalue weighted by atomic mass is 35.5. The number of rotatable bonds is 7. The summed E-state index contributed by atoms with van der Waals surface area (Å²) in [6.07, 6.45) is 1.77. The van der Waals surface area contributed by atoms with Crippen molar-refractivity contribution in [2.24, 2.45) is 0 Å². The lowest BCUT2D eigenvalue weighted by Gasteiger charge is -2.14. The van der Waals surface area contributed by atoms with Crippen molar-refractivity contribution in [2.45, 2.75) is 6.92 Å². The molecule has 1 heterocycles. The van der Waals surface area contributed by atoms with E-state index in [4.69, 9.17) is 33.3 Å². The average molecular weight is 482 g/mol. The second kappa shape index (κ2) is 10.2. The Morgan fingerprint density at radius 3 is 2.56 bits per heavy atom. The number of thioether (sulfide) groups is 1. The summed E-state index contributed by atoms with van der Waals surface area (Å²) in [5.74, 6) is 1.25. The summed E-state index contributed by atoms with van der Waals surface area (Å²) in [5, 5.41) is 0.554. The largest absolute Gasteiger partial charge is 0.490 e. The minimum absolute atomic E-state index is 0.167. The van der Waals surface area contributed by atoms with Crippen molar-refractivity contribution in [2.75, 3.05) is 18.1 Å². The molecule has 1 amide bonds. The van der Waals surface area contributed by atoms with Gasteiger partial charge in [0, 0.05) is 10.6 Å². The molecule has 0 saturated carbocycles. The molecule has 3 aromatic rings. The van der Waals surface area contributed by atoms with Crippen molar-refractivity contribution >= 4 is 57.6 Å². The number of para-hydroxylation sites is 1. The normalized spacial score (nSPS) is 14.8. The van der Waals surface area contributed by atoms with Gasteiger partial charge in [0.1, 0.15) is 24.7 Å². The number of hydrogen-bond acceptors (Lipinski definition) is 5. The average Bonchev–Trinajstić information content (AvgIpc) is 3.06. The Morgan fingerprint density at radius 2 is 1.78 bits per heavy atom. The standard InChI is InChI=1S/C25H20ClNO3S2/c1-17-6-5-9-21(14-17)29-12-13-30-22-11-10-19(26)15-18(22)16-23-24(28)27(25(31)32-23)20-7-3-2-4-8-20/h2-11,14-16H,12-13H2,1H3/b23-16-. The zero-order valence-electron chi connectivity index (χ0n) is 17.3. The summed E-state index contributed by atoms with van der Waals surface area (Å²) < 4.78 is 12.2. The summed E-state index contributed by atoms with van der Waals surface area (Å²) in [5.41, 5.74) is 2.59. The SMILES string of the molecule is Cc1cccc(OCCOc2ccc(Cl)cc2/C=C2\SC(=S)N(c3ccccc3)C2=O)c1. The molecule has 3 aromatic carbocycles. The van der Waals surface area contributed by atoms with E-state index in [0.717, 1.165) is 17.0 Å². The molecule has 1 aliphatic rings. The predicted octanol–water partition coefficient (Wildman–Crippen LogP) is 6.51. The van der Waals surface area contributed by atoms with Crippen LogP contribution in [0.15, 0.2) is 77.7 Å². The topological polar surface area (TPSA) is 38.8 Å². The molecule has 0 spiro atoms. The van der Waals surface area contributed by atoms with E-state index in [-0.39, 0.29) is 5.91 Å². The molecule has 1 aliphatic heterocycles. The molecule has 0 radical (unpaired) electrons. The van der Waals surface area contributed by atoms with Crippen LogP contribution in [0.5, 0.6) is 11.5 Å². The lowest BCUT2D eigenvalue weighted by atomic mass is 10.1. The Morgan fingerprint density at radius 1 is 1.00 bits per heavy atom. The summed E-state index contributed by atoms with van der Waals surface area (Å²) in [6.45, 7) is 2.76. The van der Waals surface area contributed by atoms with Gasteiger partial charge in [-0.3, -0.25) is 9.69 Å². The highest BCUT2D eigenvalue weighted by molar-refractivity contribution is 8.27. The number of carbonyl (C=O) groups is 1. The monoisotopic (exact) mass is 481 g/mol. The van der Waals surface area contributed by atoms with Crippen LogP contribution in [0.2, 0.25) is 5.02 Å². The molecule has 0 unspecified atom stereocenters. The van der Waals surface area contributed by atoms with Crippen LogP contribution in [0.25, 0.3) is 6.08 Å². The molecule has 0 aromatic heterocycles. The van der Waals surface area contributed by atoms with Gasteiger partial charge in [-0.25, -0.2) is 0 Å². The number of ether oxygens (including phenoxy) is 2. The van der Waals surface area contributed by atoms with Gasteiger partial charge in [-0.05, 0) is 61.0 Å². The van der Waals surface area contributed by atoms with E-state index >= 15 is 0 Å². The molecule has 1 fully saturated rings. The van der Waals surface area contributed by atoms with Gasteiger partial charge < -0.3 is 9.47 Å². The highest BCUT2D eigenvalue weighted by Gasteiger charge is 2.33. The summed E-state index contributed by atoms with van der Waals surface area (Å²) in [7, 11) is 0. The van der Waals surface area contributed by atoms with Crippen LogP contribution in [0.4, 0.5) is 5.69 Å². The first-order valence-electron chi connectivity index (χ1n) is 9.96. The van der Waals surface area contributed by atoms with E-state index in [0.29, 0.717) is 38.8 Å². The Kier molecular flexibility index (Phi) is 7.15. The number of carbonyl (C=O) groups excluding carboxylic acids is 1. The van der Waals surface area contributed by atoms with Gasteiger partial charge in [0.05, 0.1) is 10.6 Å². The van der Waals surface area contributed by atoms with Crippen molar-refractivity contribution in [3.8, 4) is 11.5 Å². The van der Waals surface area contributed by atoms with Gasteiger partial charge in [-0.1, -0.05) is 65.9 Å². The van der Waals surface area contributed by atoms with Crippen LogP contribution in [0, 0.1) is 6.92 Å². The van der Waals surface area contributed by atoms with Gasteiger partial charge in [0.15, 0.2) is 4.32 Å². The Bertz CT molecular complexity index is 1180. The molecular formula is C25H20ClNO3S2. The second-order valence-corrected chi connectivity index (χ2v) is 9.16. The second-order valence-electron chi connectivity index (χ2n) is 7.05. The third-order valence-electron chi connectivity index (χ3n) is 4.67. The minimum Gasteiger partial charge on any atom is -0.490 e. The van der Waals surface area contributed by atoms with Gasteiger partial charge in [-0.15, -0.1) is 0 Å². The molecule has 0 N–H and O–H groups in total. The van der Waals surface area contributed by atoms with Crippen LogP contribution in [0.1, 0.15) is 11.1 Å². The zero-order valence-corrected chi connectivity index (χ0v) is 19.7. The van der Waals surface area contributed by atoms with Crippen LogP contribution in [-0.4, -0.2) is 23.4 Å². The molecule has 162 valence electrons. The quantitative estimate of drug-likeness (QED) is 0.218. The number of hydrogen-bond donors (Lipinski definition) is 0. The van der Waals surface area contributed by atoms with E-state index in [1.807, 2.05) is 61.5 Å². The number of nitrogens with zero attached hydrogens (tertiary/aromatic N) is 1. The molecule has 7 heteroatoms. The third-order valence-corrected chi connectivity index (χ3v) is 6.20. The zero-order chi connectivity index (χ0) is 22.5. The Balaban J connectivity index is 1.48. The first-order valence-corrected chi connectivity index (χ1v) is 11.6. The molecule has 0 aliphatic carbocycles. The summed E-state index contributed by atoms with van der Waals surface area (Å²) in [4.78, 5) is 15.1. The molecule has 0 atom stereocenters. The van der Waals surface area contributed by atoms with Gasteiger partial charge in [-0.2, -0.15) is 0 Å². The summed E-state index contributed by atoms with van der Waals surface area (Å²) in [6, 6.07) is 22.5. The third kappa shape index (κ3) is 5.33. The van der Waals surface area contributed by atoms with Gasteiger partial charge in [0.25, 0.3) is 5.91 Å². The van der Waals surface area contributed by atoms with E-state index in [1.54, 1.807) is 24.3 Å². The fraction of sp³-hybridized carbons (Fsp3) is 0.120. The van der Waals surface area contributed by atoms with E-state index in [1.165, 1.54) is 16.7 Å². The van der Waals surface area contributed by atoms with Gasteiger partial charge >= 0.3 is 0 Å². The van der Waals surface area contributed by atoms with Crippen molar-refractivity contribution in [1.29, 1.82) is 0 Å². The number of amides is 1. The highest BCUT2D eigenvalue weighted by Crippen LogP contribution is 2.37. The Hall–Kier alpha value is -2.80. The van der Waals surface area contributed by atoms with Crippen LogP contribution < -0.4 is 14.4 Å². The molecule has 0 bridgehead atoms. The predicted molar refractivity (Wildman–Crippen MR) is 136 cm³/mol. The van der Waals surface area contributed by atoms with Crippen molar-refractivity contribution < 1.29 is 14.3 Å². The fourth-order valence-corrected chi connectivity index (χ4v) is 4.66. The number of thiocarbonyl (C=S) groups is 1. The first kappa shape index (κ1) is 22.4. The maximum atomic E-state index is 13.0. The smallest absolute Gasteiger partial charge is 0.270 e. The lowest BCUT2D eigenvalue weighted by molar-refractivity contribution is -0.113. The molecule has 32 heavy (non-hydrogen) atoms. The number of anilines is 1. The van der Waals surface area contributed by atoms with Crippen LogP contribution in [-0.2, 0) is 4.79 Å². The van der Waals surface area contributed by atoms with Crippen molar-refractivity contribution in [1.82, 2.24) is 0 Å². The number of halogens is 1. The molecular weight excluding hydrogens is 462 g/mol. The maximum Gasteiger partial charge on any atom is 0.270 e. The summed E-state index contributed by atoms with van der Waals surface area (Å²) >= 11 is 12.9. The van der Waals surface area contributed by atoms with Crippen molar-refractivity contribution in [3.05, 3.63) is 93.9 Å². The van der Waals surface area contributed by atoms with Crippen molar-refractivity contribution in [3.63, 3.8) is 0 Å². The van der Waals surface area contributed by atoms with Crippen LogP contribution >= 0.6 is 35.6 Å².